The number of carbonyl (C=O) groups is 2. The van der Waals surface area contributed by atoms with E-state index < -0.39 is 11.9 Å². The predicted octanol–water partition coefficient (Wildman–Crippen LogP) is 2.20. The quantitative estimate of drug-likeness (QED) is 0.594. The standard InChI is InChI=1S/C17H25N5O.2C2H4O2/c1-18-11-16-19-20-17(23-16)21(2)12-14-7-3-4-8-15(14)13-22-9-5-6-10-22;2*1-2(3)4/h3-4,7-8,18H,5-6,9-13H2,1-2H3;2*1H3,(H,3,4). The molecule has 2 aromatic rings. The molecule has 0 spiro atoms. The van der Waals surface area contributed by atoms with Crippen molar-refractivity contribution in [2.75, 3.05) is 32.1 Å². The van der Waals surface area contributed by atoms with Gasteiger partial charge in [0.2, 0.25) is 5.89 Å². The Morgan fingerprint density at radius 1 is 1.10 bits per heavy atom. The summed E-state index contributed by atoms with van der Waals surface area (Å²) in [6.07, 6.45) is 2.64. The van der Waals surface area contributed by atoms with Crippen molar-refractivity contribution in [3.8, 4) is 0 Å². The molecule has 0 saturated carbocycles. The molecule has 1 fully saturated rings. The molecule has 172 valence electrons. The summed E-state index contributed by atoms with van der Waals surface area (Å²) in [6, 6.07) is 9.18. The second-order valence-corrected chi connectivity index (χ2v) is 7.15. The zero-order valence-electron chi connectivity index (χ0n) is 18.7. The van der Waals surface area contributed by atoms with Crippen molar-refractivity contribution in [3.05, 3.63) is 41.3 Å². The summed E-state index contributed by atoms with van der Waals surface area (Å²) < 4.78 is 5.66. The number of aliphatic carboxylic acids is 2. The van der Waals surface area contributed by atoms with Crippen molar-refractivity contribution in [1.82, 2.24) is 20.4 Å². The van der Waals surface area contributed by atoms with Crippen LogP contribution in [0.1, 0.15) is 43.7 Å². The van der Waals surface area contributed by atoms with Gasteiger partial charge in [-0.05, 0) is 44.1 Å². The van der Waals surface area contributed by atoms with Gasteiger partial charge < -0.3 is 24.8 Å². The molecule has 0 atom stereocenters. The van der Waals surface area contributed by atoms with E-state index in [0.29, 0.717) is 18.5 Å². The molecule has 3 N–H and O–H groups in total. The fourth-order valence-electron chi connectivity index (χ4n) is 2.99. The first kappa shape index (κ1) is 26.1. The molecule has 1 aliphatic rings. The van der Waals surface area contributed by atoms with Crippen LogP contribution in [0.3, 0.4) is 0 Å². The largest absolute Gasteiger partial charge is 0.481 e. The lowest BCUT2D eigenvalue weighted by molar-refractivity contribution is -0.135. The average molecular weight is 436 g/mol. The van der Waals surface area contributed by atoms with Gasteiger partial charge in [0.05, 0.1) is 6.54 Å². The Kier molecular flexibility index (Phi) is 11.9. The van der Waals surface area contributed by atoms with E-state index in [1.54, 1.807) is 0 Å². The van der Waals surface area contributed by atoms with Gasteiger partial charge >= 0.3 is 6.01 Å². The highest BCUT2D eigenvalue weighted by Gasteiger charge is 2.16. The number of hydrogen-bond donors (Lipinski definition) is 3. The highest BCUT2D eigenvalue weighted by atomic mass is 16.4. The number of benzene rings is 1. The SMILES string of the molecule is CC(=O)O.CC(=O)O.CNCc1nnc(N(C)Cc2ccccc2CN2CCCC2)o1. The van der Waals surface area contributed by atoms with E-state index in [9.17, 15) is 0 Å². The summed E-state index contributed by atoms with van der Waals surface area (Å²) in [5, 5.41) is 26.0. The van der Waals surface area contributed by atoms with Crippen LogP contribution in [0.15, 0.2) is 28.7 Å². The molecule has 1 aromatic heterocycles. The van der Waals surface area contributed by atoms with Gasteiger partial charge in [-0.25, -0.2) is 0 Å². The molecule has 0 amide bonds. The molecule has 10 nitrogen and oxygen atoms in total. The van der Waals surface area contributed by atoms with Gasteiger partial charge in [-0.15, -0.1) is 5.10 Å². The number of likely N-dealkylation sites (tertiary alicyclic amines) is 1. The van der Waals surface area contributed by atoms with Gasteiger partial charge in [0.1, 0.15) is 0 Å². The Bertz CT molecular complexity index is 785. The predicted molar refractivity (Wildman–Crippen MR) is 117 cm³/mol. The fourth-order valence-corrected chi connectivity index (χ4v) is 2.99. The third kappa shape index (κ3) is 11.1. The first-order chi connectivity index (χ1) is 14.7. The third-order valence-electron chi connectivity index (χ3n) is 4.23. The molecule has 0 bridgehead atoms. The van der Waals surface area contributed by atoms with Crippen LogP contribution in [0.2, 0.25) is 0 Å². The lowest BCUT2D eigenvalue weighted by Gasteiger charge is -2.20. The summed E-state index contributed by atoms with van der Waals surface area (Å²) in [7, 11) is 3.85. The Balaban J connectivity index is 0.000000519. The Morgan fingerprint density at radius 2 is 1.65 bits per heavy atom. The monoisotopic (exact) mass is 435 g/mol. The molecule has 2 heterocycles. The van der Waals surface area contributed by atoms with Gasteiger partial charge in [0.25, 0.3) is 11.9 Å². The van der Waals surface area contributed by atoms with E-state index in [0.717, 1.165) is 26.9 Å². The fraction of sp³-hybridized carbons (Fsp3) is 0.524. The minimum atomic E-state index is -0.833. The van der Waals surface area contributed by atoms with Crippen molar-refractivity contribution in [2.45, 2.75) is 46.3 Å². The first-order valence-corrected chi connectivity index (χ1v) is 10.1. The van der Waals surface area contributed by atoms with Gasteiger partial charge in [0.15, 0.2) is 0 Å². The Labute approximate surface area is 182 Å². The van der Waals surface area contributed by atoms with Crippen LogP contribution in [0, 0.1) is 0 Å². The second-order valence-electron chi connectivity index (χ2n) is 7.15. The van der Waals surface area contributed by atoms with Gasteiger partial charge in [-0.2, -0.15) is 0 Å². The van der Waals surface area contributed by atoms with Crippen LogP contribution in [-0.2, 0) is 29.2 Å². The summed E-state index contributed by atoms with van der Waals surface area (Å²) in [5.74, 6) is -1.06. The van der Waals surface area contributed by atoms with Crippen LogP contribution >= 0.6 is 0 Å². The van der Waals surface area contributed by atoms with Crippen molar-refractivity contribution in [1.29, 1.82) is 0 Å². The maximum atomic E-state index is 9.00. The van der Waals surface area contributed by atoms with Crippen molar-refractivity contribution < 1.29 is 24.2 Å². The molecule has 1 aromatic carbocycles. The molecular formula is C21H33N5O5. The normalized spacial score (nSPS) is 12.9. The molecule has 0 radical (unpaired) electrons. The summed E-state index contributed by atoms with van der Waals surface area (Å²) >= 11 is 0. The topological polar surface area (TPSA) is 132 Å². The number of nitrogens with one attached hydrogen (secondary N) is 1. The van der Waals surface area contributed by atoms with Crippen molar-refractivity contribution in [3.63, 3.8) is 0 Å². The number of hydrogen-bond acceptors (Lipinski definition) is 8. The molecule has 0 aliphatic carbocycles. The summed E-state index contributed by atoms with van der Waals surface area (Å²) in [4.78, 5) is 22.5. The first-order valence-electron chi connectivity index (χ1n) is 10.1. The Morgan fingerprint density at radius 3 is 2.19 bits per heavy atom. The molecule has 31 heavy (non-hydrogen) atoms. The van der Waals surface area contributed by atoms with E-state index in [2.05, 4.69) is 44.7 Å². The maximum absolute atomic E-state index is 9.00. The molecular weight excluding hydrogens is 402 g/mol. The van der Waals surface area contributed by atoms with Crippen LogP contribution < -0.4 is 10.2 Å². The van der Waals surface area contributed by atoms with Gasteiger partial charge in [0, 0.05) is 34.0 Å². The van der Waals surface area contributed by atoms with E-state index in [1.165, 1.54) is 37.1 Å². The molecule has 10 heteroatoms. The lowest BCUT2D eigenvalue weighted by atomic mass is 10.1. The minimum Gasteiger partial charge on any atom is -0.481 e. The number of anilines is 1. The summed E-state index contributed by atoms with van der Waals surface area (Å²) in [6.45, 7) is 6.97. The number of rotatable bonds is 7. The minimum absolute atomic E-state index is 0.561. The van der Waals surface area contributed by atoms with E-state index in [-0.39, 0.29) is 0 Å². The van der Waals surface area contributed by atoms with E-state index >= 15 is 0 Å². The number of carboxylic acids is 2. The molecule has 0 unspecified atom stereocenters. The van der Waals surface area contributed by atoms with Crippen molar-refractivity contribution >= 4 is 18.0 Å². The average Bonchev–Trinajstić information content (AvgIpc) is 3.35. The lowest BCUT2D eigenvalue weighted by Crippen LogP contribution is -2.22. The molecule has 1 aliphatic heterocycles. The Hall–Kier alpha value is -2.98. The van der Waals surface area contributed by atoms with Gasteiger partial charge in [-0.3, -0.25) is 14.5 Å². The number of nitrogens with zero attached hydrogens (tertiary/aromatic N) is 4. The van der Waals surface area contributed by atoms with Crippen LogP contribution in [-0.4, -0.2) is 64.4 Å². The maximum Gasteiger partial charge on any atom is 0.318 e. The smallest absolute Gasteiger partial charge is 0.318 e. The highest BCUT2D eigenvalue weighted by molar-refractivity contribution is 5.63. The molecule has 1 saturated heterocycles. The van der Waals surface area contributed by atoms with E-state index in [4.69, 9.17) is 24.2 Å². The third-order valence-corrected chi connectivity index (χ3v) is 4.23. The molecule has 3 rings (SSSR count). The highest BCUT2D eigenvalue weighted by Crippen LogP contribution is 2.19. The van der Waals surface area contributed by atoms with Crippen molar-refractivity contribution in [2.24, 2.45) is 0 Å². The van der Waals surface area contributed by atoms with Crippen LogP contribution in [0.4, 0.5) is 6.01 Å². The van der Waals surface area contributed by atoms with E-state index in [1.807, 2.05) is 19.0 Å². The number of aromatic nitrogens is 2. The zero-order chi connectivity index (χ0) is 23.2. The second kappa shape index (κ2) is 14.1. The van der Waals surface area contributed by atoms with Gasteiger partial charge in [-0.1, -0.05) is 29.4 Å². The number of carboxylic acid groups (broad SMARTS) is 2. The van der Waals surface area contributed by atoms with Crippen LogP contribution in [0.25, 0.3) is 0 Å². The van der Waals surface area contributed by atoms with Crippen LogP contribution in [0.5, 0.6) is 0 Å². The zero-order valence-corrected chi connectivity index (χ0v) is 18.7. The summed E-state index contributed by atoms with van der Waals surface area (Å²) in [5.41, 5.74) is 2.70.